The monoisotopic (exact) mass is 260 g/mol. The third-order valence-corrected chi connectivity index (χ3v) is 1.70. The Kier molecular flexibility index (Phi) is 2.76. The van der Waals surface area contributed by atoms with Gasteiger partial charge in [0.25, 0.3) is 3.79 Å². The zero-order valence-corrected chi connectivity index (χ0v) is 7.74. The van der Waals surface area contributed by atoms with E-state index in [2.05, 4.69) is 0 Å². The van der Waals surface area contributed by atoms with Crippen molar-refractivity contribution in [2.24, 2.45) is 0 Å². The largest absolute Gasteiger partial charge is 0.284 e. The van der Waals surface area contributed by atoms with Crippen LogP contribution in [0.5, 0.6) is 0 Å². The Labute approximate surface area is 77.7 Å². The van der Waals surface area contributed by atoms with Crippen molar-refractivity contribution in [2.45, 2.75) is 0 Å². The van der Waals surface area contributed by atoms with Crippen molar-refractivity contribution < 1.29 is 9.59 Å². The van der Waals surface area contributed by atoms with Crippen LogP contribution in [0.15, 0.2) is 30.3 Å². The van der Waals surface area contributed by atoms with Crippen molar-refractivity contribution >= 4 is 32.2 Å². The SMILES string of the molecule is O=C(I)C(=O)c1ccccc1. The van der Waals surface area contributed by atoms with E-state index < -0.39 is 9.57 Å². The Bertz CT molecular complexity index is 279. The zero-order valence-electron chi connectivity index (χ0n) is 5.58. The fraction of sp³-hybridized carbons (Fsp3) is 0. The second-order valence-corrected chi connectivity index (χ2v) is 2.95. The molecule has 1 aromatic carbocycles. The van der Waals surface area contributed by atoms with Crippen LogP contribution in [0.4, 0.5) is 0 Å². The summed E-state index contributed by atoms with van der Waals surface area (Å²) in [5.41, 5.74) is 0.451. The van der Waals surface area contributed by atoms with E-state index in [9.17, 15) is 9.59 Å². The highest BCUT2D eigenvalue weighted by atomic mass is 127. The van der Waals surface area contributed by atoms with E-state index >= 15 is 0 Å². The van der Waals surface area contributed by atoms with Crippen LogP contribution < -0.4 is 0 Å². The van der Waals surface area contributed by atoms with Gasteiger partial charge in [-0.2, -0.15) is 0 Å². The number of Topliss-reactive ketones (excluding diaryl/α,β-unsaturated/α-hetero) is 1. The molecule has 0 fully saturated rings. The minimum Gasteiger partial charge on any atom is -0.284 e. The molecule has 0 aliphatic rings. The number of carbonyl (C=O) groups excluding carboxylic acids is 2. The van der Waals surface area contributed by atoms with Crippen LogP contribution in [-0.4, -0.2) is 9.57 Å². The van der Waals surface area contributed by atoms with Crippen LogP contribution in [0, 0.1) is 0 Å². The summed E-state index contributed by atoms with van der Waals surface area (Å²) in [6.07, 6.45) is 0. The van der Waals surface area contributed by atoms with E-state index in [1.165, 1.54) is 22.6 Å². The molecule has 0 saturated heterocycles. The van der Waals surface area contributed by atoms with E-state index in [0.717, 1.165) is 0 Å². The van der Waals surface area contributed by atoms with Crippen LogP contribution >= 0.6 is 22.6 Å². The van der Waals surface area contributed by atoms with Gasteiger partial charge in [-0.25, -0.2) is 0 Å². The van der Waals surface area contributed by atoms with Crippen molar-refractivity contribution in [1.82, 2.24) is 0 Å². The molecule has 1 rings (SSSR count). The lowest BCUT2D eigenvalue weighted by molar-refractivity contribution is -0.106. The Morgan fingerprint density at radius 1 is 1.09 bits per heavy atom. The minimum atomic E-state index is -0.450. The lowest BCUT2D eigenvalue weighted by Crippen LogP contribution is -2.05. The average Bonchev–Trinajstić information content (AvgIpc) is 2.05. The molecule has 0 atom stereocenters. The number of hydrogen-bond donors (Lipinski definition) is 0. The fourth-order valence-corrected chi connectivity index (χ4v) is 1.01. The number of ketones is 1. The molecule has 56 valence electrons. The van der Waals surface area contributed by atoms with Gasteiger partial charge in [-0.3, -0.25) is 9.59 Å². The highest BCUT2D eigenvalue weighted by molar-refractivity contribution is 14.1. The van der Waals surface area contributed by atoms with Crippen LogP contribution in [0.1, 0.15) is 10.4 Å². The smallest absolute Gasteiger partial charge is 0.262 e. The molecule has 0 radical (unpaired) electrons. The molecule has 0 saturated carbocycles. The lowest BCUT2D eigenvalue weighted by atomic mass is 10.1. The maximum absolute atomic E-state index is 11.0. The average molecular weight is 260 g/mol. The zero-order chi connectivity index (χ0) is 8.27. The first kappa shape index (κ1) is 8.39. The van der Waals surface area contributed by atoms with Crippen molar-refractivity contribution in [3.05, 3.63) is 35.9 Å². The van der Waals surface area contributed by atoms with Gasteiger partial charge in [0.05, 0.1) is 0 Å². The topological polar surface area (TPSA) is 34.1 Å². The summed E-state index contributed by atoms with van der Waals surface area (Å²) in [4.78, 5) is 21.6. The van der Waals surface area contributed by atoms with Gasteiger partial charge < -0.3 is 0 Å². The highest BCUT2D eigenvalue weighted by Gasteiger charge is 2.10. The number of rotatable bonds is 2. The summed E-state index contributed by atoms with van der Waals surface area (Å²) >= 11 is 1.48. The molecule has 0 amide bonds. The number of carbonyl (C=O) groups is 2. The van der Waals surface area contributed by atoms with Gasteiger partial charge in [0, 0.05) is 28.2 Å². The van der Waals surface area contributed by atoms with Crippen molar-refractivity contribution in [3.8, 4) is 0 Å². The van der Waals surface area contributed by atoms with Gasteiger partial charge in [-0.15, -0.1) is 0 Å². The Morgan fingerprint density at radius 2 is 1.64 bits per heavy atom. The number of halogens is 1. The molecule has 0 bridgehead atoms. The molecule has 0 heterocycles. The summed E-state index contributed by atoms with van der Waals surface area (Å²) < 4.78 is -0.450. The van der Waals surface area contributed by atoms with Crippen molar-refractivity contribution in [1.29, 1.82) is 0 Å². The van der Waals surface area contributed by atoms with E-state index in [0.29, 0.717) is 5.56 Å². The standard InChI is InChI=1S/C8H5IO2/c9-8(11)7(10)6-4-2-1-3-5-6/h1-5H. The van der Waals surface area contributed by atoms with Crippen LogP contribution in [0.2, 0.25) is 0 Å². The maximum atomic E-state index is 11.0. The van der Waals surface area contributed by atoms with Crippen molar-refractivity contribution in [2.75, 3.05) is 0 Å². The van der Waals surface area contributed by atoms with Gasteiger partial charge >= 0.3 is 0 Å². The molecule has 0 aliphatic heterocycles. The number of benzene rings is 1. The predicted octanol–water partition coefficient (Wildman–Crippen LogP) is 1.83. The molecule has 3 heteroatoms. The summed E-state index contributed by atoms with van der Waals surface area (Å²) in [7, 11) is 0. The molecular weight excluding hydrogens is 255 g/mol. The molecule has 0 N–H and O–H groups in total. The molecule has 1 aromatic rings. The molecule has 0 aromatic heterocycles. The van der Waals surface area contributed by atoms with Gasteiger partial charge in [0.15, 0.2) is 0 Å². The van der Waals surface area contributed by atoms with Gasteiger partial charge in [-0.1, -0.05) is 30.3 Å². The first-order valence-electron chi connectivity index (χ1n) is 3.01. The molecule has 0 unspecified atom stereocenters. The second-order valence-electron chi connectivity index (χ2n) is 1.97. The Morgan fingerprint density at radius 3 is 2.09 bits per heavy atom. The molecule has 0 aliphatic carbocycles. The summed E-state index contributed by atoms with van der Waals surface area (Å²) in [5.74, 6) is -0.439. The Hall–Kier alpha value is -0.710. The number of hydrogen-bond acceptors (Lipinski definition) is 2. The maximum Gasteiger partial charge on any atom is 0.262 e. The minimum absolute atomic E-state index is 0.439. The van der Waals surface area contributed by atoms with Gasteiger partial charge in [0.2, 0.25) is 5.78 Å². The second kappa shape index (κ2) is 3.61. The van der Waals surface area contributed by atoms with E-state index in [1.54, 1.807) is 30.3 Å². The van der Waals surface area contributed by atoms with E-state index in [4.69, 9.17) is 0 Å². The third-order valence-electron chi connectivity index (χ3n) is 1.21. The van der Waals surface area contributed by atoms with Gasteiger partial charge in [0.1, 0.15) is 0 Å². The predicted molar refractivity (Wildman–Crippen MR) is 49.8 cm³/mol. The van der Waals surface area contributed by atoms with Crippen molar-refractivity contribution in [3.63, 3.8) is 0 Å². The normalized spacial score (nSPS) is 9.18. The summed E-state index contributed by atoms with van der Waals surface area (Å²) in [6.45, 7) is 0. The van der Waals surface area contributed by atoms with Crippen LogP contribution in [-0.2, 0) is 4.79 Å². The van der Waals surface area contributed by atoms with Crippen LogP contribution in [0.3, 0.4) is 0 Å². The van der Waals surface area contributed by atoms with Crippen LogP contribution in [0.25, 0.3) is 0 Å². The third kappa shape index (κ3) is 2.11. The van der Waals surface area contributed by atoms with E-state index in [-0.39, 0.29) is 0 Å². The van der Waals surface area contributed by atoms with E-state index in [1.807, 2.05) is 0 Å². The highest BCUT2D eigenvalue weighted by Crippen LogP contribution is 2.03. The summed E-state index contributed by atoms with van der Waals surface area (Å²) in [6, 6.07) is 8.51. The van der Waals surface area contributed by atoms with Gasteiger partial charge in [-0.05, 0) is 0 Å². The molecule has 11 heavy (non-hydrogen) atoms. The molecule has 0 spiro atoms. The first-order chi connectivity index (χ1) is 5.22. The lowest BCUT2D eigenvalue weighted by Gasteiger charge is -1.92. The molecular formula is C8H5IO2. The first-order valence-corrected chi connectivity index (χ1v) is 4.09. The summed E-state index contributed by atoms with van der Waals surface area (Å²) in [5, 5.41) is 0. The quantitative estimate of drug-likeness (QED) is 0.352. The fourth-order valence-electron chi connectivity index (χ4n) is 0.703. The Balaban J connectivity index is 2.95. The molecule has 2 nitrogen and oxygen atoms in total.